The van der Waals surface area contributed by atoms with Gasteiger partial charge >= 0.3 is 0 Å². The summed E-state index contributed by atoms with van der Waals surface area (Å²) in [5.74, 6) is 0. The summed E-state index contributed by atoms with van der Waals surface area (Å²) in [5, 5.41) is 5.57. The largest absolute Gasteiger partial charge is 0.368 e. The van der Waals surface area contributed by atoms with Crippen molar-refractivity contribution in [3.63, 3.8) is 0 Å². The van der Waals surface area contributed by atoms with Crippen LogP contribution in [0.5, 0.6) is 0 Å². The smallest absolute Gasteiger partial charge is 0.124 e. The van der Waals surface area contributed by atoms with Gasteiger partial charge in [0.2, 0.25) is 0 Å². The van der Waals surface area contributed by atoms with Crippen molar-refractivity contribution in [1.29, 1.82) is 0 Å². The minimum atomic E-state index is -1.44. The van der Waals surface area contributed by atoms with Crippen LogP contribution in [0.2, 0.25) is 0 Å². The van der Waals surface area contributed by atoms with Gasteiger partial charge in [-0.05, 0) is 24.3 Å². The Balaban J connectivity index is 1.73. The number of hydrogen-bond acceptors (Lipinski definition) is 3. The minimum Gasteiger partial charge on any atom is -0.368 e. The fraction of sp³-hybridized carbons (Fsp3) is 0.250. The summed E-state index contributed by atoms with van der Waals surface area (Å²) in [5.41, 5.74) is 2.25. The van der Waals surface area contributed by atoms with Crippen LogP contribution in [-0.2, 0) is 11.0 Å². The normalized spacial score (nSPS) is 16.8. The predicted molar refractivity (Wildman–Crippen MR) is 87.9 cm³/mol. The summed E-state index contributed by atoms with van der Waals surface area (Å²) in [4.78, 5) is 5.35. The van der Waals surface area contributed by atoms with Crippen LogP contribution in [0.15, 0.2) is 59.5 Å². The molecule has 2 aromatic carbocycles. The zero-order valence-electron chi connectivity index (χ0n) is 11.8. The lowest BCUT2D eigenvalue weighted by Gasteiger charge is -2.37. The van der Waals surface area contributed by atoms with E-state index < -0.39 is 11.0 Å². The molecule has 3 rings (SSSR count). The zero-order chi connectivity index (χ0) is 14.7. The first kappa shape index (κ1) is 14.1. The predicted octanol–water partition coefficient (Wildman–Crippen LogP) is 1.99. The lowest BCUT2D eigenvalue weighted by Crippen LogP contribution is -2.46. The summed E-state index contributed by atoms with van der Waals surface area (Å²) in [6, 6.07) is 18.1. The maximum Gasteiger partial charge on any atom is 0.124 e. The van der Waals surface area contributed by atoms with E-state index in [1.165, 1.54) is 5.69 Å². The molecule has 2 aromatic rings. The van der Waals surface area contributed by atoms with Crippen molar-refractivity contribution in [1.82, 2.24) is 0 Å². The van der Waals surface area contributed by atoms with E-state index in [0.717, 1.165) is 31.9 Å². The number of benzene rings is 2. The van der Waals surface area contributed by atoms with Gasteiger partial charge in [-0.3, -0.25) is 0 Å². The van der Waals surface area contributed by atoms with Gasteiger partial charge in [-0.1, -0.05) is 30.3 Å². The van der Waals surface area contributed by atoms with Crippen LogP contribution in [0.3, 0.4) is 0 Å². The maximum absolute atomic E-state index is 11.6. The Morgan fingerprint density at radius 1 is 0.810 bits per heavy atom. The number of anilines is 2. The molecule has 1 aliphatic heterocycles. The highest BCUT2D eigenvalue weighted by molar-refractivity contribution is 7.82. The van der Waals surface area contributed by atoms with Gasteiger partial charge in [0.05, 0.1) is 10.6 Å². The average Bonchev–Trinajstić information content (AvgIpc) is 2.56. The van der Waals surface area contributed by atoms with Crippen LogP contribution in [0.1, 0.15) is 0 Å². The summed E-state index contributed by atoms with van der Waals surface area (Å²) in [7, 11) is -1.44. The molecule has 0 spiro atoms. The van der Waals surface area contributed by atoms with E-state index in [1.807, 2.05) is 30.3 Å². The van der Waals surface area contributed by atoms with Crippen LogP contribution in [-0.4, -0.2) is 30.4 Å². The van der Waals surface area contributed by atoms with Crippen LogP contribution < -0.4 is 14.9 Å². The first-order valence-corrected chi connectivity index (χ1v) is 8.27. The molecule has 2 N–H and O–H groups in total. The molecule has 4 nitrogen and oxygen atoms in total. The highest BCUT2D eigenvalue weighted by atomic mass is 32.2. The van der Waals surface area contributed by atoms with E-state index in [4.69, 9.17) is 5.14 Å². The van der Waals surface area contributed by atoms with Gasteiger partial charge in [-0.25, -0.2) is 9.35 Å². The van der Waals surface area contributed by atoms with Gasteiger partial charge in [-0.2, -0.15) is 0 Å². The number of nitrogens with zero attached hydrogens (tertiary/aromatic N) is 2. The van der Waals surface area contributed by atoms with Crippen LogP contribution in [0, 0.1) is 0 Å². The van der Waals surface area contributed by atoms with Gasteiger partial charge < -0.3 is 9.80 Å². The van der Waals surface area contributed by atoms with E-state index in [0.29, 0.717) is 4.90 Å². The molecule has 1 atom stereocenters. The molecule has 5 heteroatoms. The molecule has 0 radical (unpaired) electrons. The van der Waals surface area contributed by atoms with Gasteiger partial charge in [0.25, 0.3) is 0 Å². The summed E-state index contributed by atoms with van der Waals surface area (Å²) in [6.07, 6.45) is 0. The van der Waals surface area contributed by atoms with E-state index in [9.17, 15) is 4.21 Å². The van der Waals surface area contributed by atoms with Crippen LogP contribution >= 0.6 is 0 Å². The highest BCUT2D eigenvalue weighted by Crippen LogP contribution is 2.25. The van der Waals surface area contributed by atoms with Crippen molar-refractivity contribution in [2.75, 3.05) is 36.0 Å². The fourth-order valence-electron chi connectivity index (χ4n) is 2.73. The fourth-order valence-corrected chi connectivity index (χ4v) is 3.35. The Labute approximate surface area is 127 Å². The third kappa shape index (κ3) is 3.09. The third-order valence-corrected chi connectivity index (χ3v) is 4.60. The Morgan fingerprint density at radius 2 is 1.38 bits per heavy atom. The summed E-state index contributed by atoms with van der Waals surface area (Å²) >= 11 is 0. The Morgan fingerprint density at radius 3 is 2.05 bits per heavy atom. The van der Waals surface area contributed by atoms with Gasteiger partial charge in [0.1, 0.15) is 11.0 Å². The van der Waals surface area contributed by atoms with E-state index in [-0.39, 0.29) is 0 Å². The average molecular weight is 301 g/mol. The van der Waals surface area contributed by atoms with Crippen molar-refractivity contribution < 1.29 is 4.21 Å². The molecule has 0 amide bonds. The van der Waals surface area contributed by atoms with Crippen molar-refractivity contribution in [3.05, 3.63) is 54.6 Å². The molecular weight excluding hydrogens is 282 g/mol. The first-order valence-electron chi connectivity index (χ1n) is 7.06. The molecule has 1 unspecified atom stereocenters. The number of rotatable bonds is 3. The molecule has 0 aromatic heterocycles. The second-order valence-electron chi connectivity index (χ2n) is 5.07. The molecular formula is C16H19N3OS. The summed E-state index contributed by atoms with van der Waals surface area (Å²) in [6.45, 7) is 3.72. The minimum absolute atomic E-state index is 0.714. The van der Waals surface area contributed by atoms with Crippen molar-refractivity contribution in [3.8, 4) is 0 Å². The Kier molecular flexibility index (Phi) is 4.22. The molecule has 110 valence electrons. The topological polar surface area (TPSA) is 49.6 Å². The van der Waals surface area contributed by atoms with Crippen molar-refractivity contribution >= 4 is 22.4 Å². The number of hydrogen-bond donors (Lipinski definition) is 1. The lowest BCUT2D eigenvalue weighted by molar-refractivity contribution is 0.648. The maximum atomic E-state index is 11.6. The Hall–Kier alpha value is -1.85. The molecule has 21 heavy (non-hydrogen) atoms. The second-order valence-corrected chi connectivity index (χ2v) is 6.11. The Bertz CT molecular complexity index is 624. The quantitative estimate of drug-likeness (QED) is 0.943. The van der Waals surface area contributed by atoms with E-state index in [1.54, 1.807) is 0 Å². The summed E-state index contributed by atoms with van der Waals surface area (Å²) < 4.78 is 11.6. The number of nitrogens with two attached hydrogens (primary N) is 1. The van der Waals surface area contributed by atoms with Gasteiger partial charge in [0.15, 0.2) is 0 Å². The molecule has 1 heterocycles. The lowest BCUT2D eigenvalue weighted by atomic mass is 10.2. The van der Waals surface area contributed by atoms with Crippen LogP contribution in [0.4, 0.5) is 11.4 Å². The molecule has 0 bridgehead atoms. The molecule has 0 aliphatic carbocycles. The number of para-hydroxylation sites is 2. The van der Waals surface area contributed by atoms with Gasteiger partial charge in [0, 0.05) is 31.9 Å². The highest BCUT2D eigenvalue weighted by Gasteiger charge is 2.20. The second kappa shape index (κ2) is 6.28. The van der Waals surface area contributed by atoms with Crippen molar-refractivity contribution in [2.45, 2.75) is 4.90 Å². The number of piperazine rings is 1. The van der Waals surface area contributed by atoms with Crippen molar-refractivity contribution in [2.24, 2.45) is 5.14 Å². The monoisotopic (exact) mass is 301 g/mol. The third-order valence-electron chi connectivity index (χ3n) is 3.82. The molecule has 1 aliphatic rings. The molecule has 1 fully saturated rings. The molecule has 0 saturated carbocycles. The van der Waals surface area contributed by atoms with Gasteiger partial charge in [-0.15, -0.1) is 0 Å². The molecule has 1 saturated heterocycles. The SMILES string of the molecule is NS(=O)c1ccccc1N1CCN(c2ccccc2)CC1. The first-order chi connectivity index (χ1) is 10.3. The zero-order valence-corrected chi connectivity index (χ0v) is 12.6. The van der Waals surface area contributed by atoms with E-state index >= 15 is 0 Å². The van der Waals surface area contributed by atoms with Crippen LogP contribution in [0.25, 0.3) is 0 Å². The van der Waals surface area contributed by atoms with E-state index in [2.05, 4.69) is 34.1 Å². The standard InChI is InChI=1S/C16H19N3OS/c17-21(20)16-9-5-4-8-15(16)19-12-10-18(11-13-19)14-6-2-1-3-7-14/h1-9H,10-13,17H2.